The van der Waals surface area contributed by atoms with E-state index in [4.69, 9.17) is 23.7 Å². The van der Waals surface area contributed by atoms with Crippen molar-refractivity contribution in [3.8, 4) is 17.2 Å². The number of hydrogen-bond acceptors (Lipinski definition) is 10. The van der Waals surface area contributed by atoms with Crippen molar-refractivity contribution < 1.29 is 48.0 Å². The minimum absolute atomic E-state index is 0.0428. The number of aliphatic carboxylic acids is 1. The van der Waals surface area contributed by atoms with Gasteiger partial charge in [-0.3, -0.25) is 4.79 Å². The molecule has 0 fully saturated rings. The molecular formula is C34H40N2O10S. The summed E-state index contributed by atoms with van der Waals surface area (Å²) in [4.78, 5) is 50.1. The van der Waals surface area contributed by atoms with Gasteiger partial charge >= 0.3 is 18.0 Å². The van der Waals surface area contributed by atoms with E-state index in [0.29, 0.717) is 28.4 Å². The number of alkyl carbamates (subject to hydrolysis) is 1. The van der Waals surface area contributed by atoms with Gasteiger partial charge in [-0.1, -0.05) is 36.4 Å². The molecule has 0 spiro atoms. The molecule has 0 radical (unpaired) electrons. The molecule has 0 unspecified atom stereocenters. The second-order valence-electron chi connectivity index (χ2n) is 10.3. The number of carboxylic acid groups (broad SMARTS) is 1. The van der Waals surface area contributed by atoms with Gasteiger partial charge in [0.05, 0.1) is 21.3 Å². The fraction of sp³-hybridized carbons (Fsp3) is 0.353. The largest absolute Gasteiger partial charge is 0.497 e. The standard InChI is InChI=1S/C34H40N2O10S/c1-42-26-13-7-23(8-14-26)19-45-33(40)29(36-34(41)46-20-24-9-15-27(43-2)16-10-24)5-4-6-31(37)35-30(32(38)39)22-47-21-25-11-17-28(44-3)18-12-25/h7-18,29-30H,4-6,19-22H2,1-3H3,(H,35,37)(H,36,41)(H,38,39)/t29-,30+/m1/s1. The average molecular weight is 669 g/mol. The van der Waals surface area contributed by atoms with Crippen LogP contribution in [0.4, 0.5) is 4.79 Å². The second-order valence-corrected chi connectivity index (χ2v) is 11.3. The lowest BCUT2D eigenvalue weighted by Gasteiger charge is -2.18. The Labute approximate surface area is 278 Å². The van der Waals surface area contributed by atoms with Crippen LogP contribution in [0.1, 0.15) is 36.0 Å². The molecule has 0 heterocycles. The lowest BCUT2D eigenvalue weighted by atomic mass is 10.1. The summed E-state index contributed by atoms with van der Waals surface area (Å²) in [6.45, 7) is -0.0875. The van der Waals surface area contributed by atoms with Gasteiger partial charge in [0.1, 0.15) is 42.5 Å². The average Bonchev–Trinajstić information content (AvgIpc) is 3.09. The van der Waals surface area contributed by atoms with Gasteiger partial charge in [-0.25, -0.2) is 14.4 Å². The number of benzene rings is 3. The van der Waals surface area contributed by atoms with Crippen molar-refractivity contribution >= 4 is 35.7 Å². The highest BCUT2D eigenvalue weighted by Crippen LogP contribution is 2.18. The lowest BCUT2D eigenvalue weighted by molar-refractivity contribution is -0.147. The van der Waals surface area contributed by atoms with Gasteiger partial charge < -0.3 is 39.4 Å². The molecule has 0 aliphatic carbocycles. The predicted octanol–water partition coefficient (Wildman–Crippen LogP) is 4.72. The van der Waals surface area contributed by atoms with E-state index in [9.17, 15) is 24.3 Å². The molecule has 0 bridgehead atoms. The minimum Gasteiger partial charge on any atom is -0.497 e. The zero-order valence-electron chi connectivity index (χ0n) is 26.6. The third-order valence-corrected chi connectivity index (χ3v) is 7.99. The second kappa shape index (κ2) is 19.6. The number of nitrogens with one attached hydrogen (secondary N) is 2. The zero-order valence-corrected chi connectivity index (χ0v) is 27.4. The number of thioether (sulfide) groups is 1. The molecule has 3 aromatic rings. The molecule has 0 aliphatic heterocycles. The van der Waals surface area contributed by atoms with Crippen LogP contribution >= 0.6 is 11.8 Å². The smallest absolute Gasteiger partial charge is 0.408 e. The van der Waals surface area contributed by atoms with E-state index in [0.717, 1.165) is 11.3 Å². The Kier molecular flexibility index (Phi) is 15.2. The molecule has 13 heteroatoms. The van der Waals surface area contributed by atoms with E-state index in [1.807, 2.05) is 24.3 Å². The number of esters is 1. The highest BCUT2D eigenvalue weighted by atomic mass is 32.2. The van der Waals surface area contributed by atoms with E-state index in [2.05, 4.69) is 10.6 Å². The van der Waals surface area contributed by atoms with Gasteiger partial charge in [-0.15, -0.1) is 0 Å². The number of amides is 2. The van der Waals surface area contributed by atoms with Crippen LogP contribution in [-0.2, 0) is 42.8 Å². The van der Waals surface area contributed by atoms with Crippen LogP contribution < -0.4 is 24.8 Å². The van der Waals surface area contributed by atoms with Crippen molar-refractivity contribution in [3.63, 3.8) is 0 Å². The molecule has 2 atom stereocenters. The van der Waals surface area contributed by atoms with E-state index in [1.54, 1.807) is 69.9 Å². The van der Waals surface area contributed by atoms with Crippen molar-refractivity contribution in [2.45, 2.75) is 50.3 Å². The first-order chi connectivity index (χ1) is 22.7. The molecule has 0 saturated carbocycles. The van der Waals surface area contributed by atoms with Gasteiger partial charge in [0.2, 0.25) is 5.91 Å². The summed E-state index contributed by atoms with van der Waals surface area (Å²) in [5, 5.41) is 14.7. The lowest BCUT2D eigenvalue weighted by Crippen LogP contribution is -2.43. The third kappa shape index (κ3) is 13.2. The molecule has 0 saturated heterocycles. The monoisotopic (exact) mass is 668 g/mol. The van der Waals surface area contributed by atoms with Gasteiger partial charge in [-0.2, -0.15) is 11.8 Å². The molecule has 47 heavy (non-hydrogen) atoms. The van der Waals surface area contributed by atoms with Crippen LogP contribution in [0.5, 0.6) is 17.2 Å². The summed E-state index contributed by atoms with van der Waals surface area (Å²) < 4.78 is 26.2. The fourth-order valence-electron chi connectivity index (χ4n) is 4.20. The van der Waals surface area contributed by atoms with Crippen LogP contribution in [0.2, 0.25) is 0 Å². The SMILES string of the molecule is COc1ccc(COC(=O)N[C@H](CCCC(=O)N[C@@H](CSCc2ccc(OC)cc2)C(=O)O)C(=O)OCc2ccc(OC)cc2)cc1. The Balaban J connectivity index is 1.52. The summed E-state index contributed by atoms with van der Waals surface area (Å²) in [5.41, 5.74) is 2.42. The number of carbonyl (C=O) groups is 4. The summed E-state index contributed by atoms with van der Waals surface area (Å²) in [6.07, 6.45) is -0.691. The maximum atomic E-state index is 13.0. The van der Waals surface area contributed by atoms with Gasteiger partial charge in [0.15, 0.2) is 0 Å². The van der Waals surface area contributed by atoms with Crippen LogP contribution in [0, 0.1) is 0 Å². The predicted molar refractivity (Wildman–Crippen MR) is 175 cm³/mol. The Hall–Kier alpha value is -4.91. The van der Waals surface area contributed by atoms with E-state index in [-0.39, 0.29) is 38.2 Å². The van der Waals surface area contributed by atoms with Crippen molar-refractivity contribution in [3.05, 3.63) is 89.5 Å². The van der Waals surface area contributed by atoms with Crippen molar-refractivity contribution in [2.75, 3.05) is 27.1 Å². The first kappa shape index (κ1) is 36.6. The summed E-state index contributed by atoms with van der Waals surface area (Å²) in [5.74, 6) is 0.405. The van der Waals surface area contributed by atoms with Crippen molar-refractivity contribution in [2.24, 2.45) is 0 Å². The minimum atomic E-state index is -1.15. The van der Waals surface area contributed by atoms with Crippen LogP contribution in [0.3, 0.4) is 0 Å². The van der Waals surface area contributed by atoms with Crippen LogP contribution in [0.15, 0.2) is 72.8 Å². The maximum absolute atomic E-state index is 13.0. The Morgan fingerprint density at radius 3 is 1.66 bits per heavy atom. The molecule has 3 N–H and O–H groups in total. The summed E-state index contributed by atoms with van der Waals surface area (Å²) >= 11 is 1.38. The van der Waals surface area contributed by atoms with Crippen LogP contribution in [0.25, 0.3) is 0 Å². The molecule has 3 rings (SSSR count). The number of carbonyl (C=O) groups excluding carboxylic acids is 3. The number of rotatable bonds is 19. The Morgan fingerprint density at radius 1 is 0.681 bits per heavy atom. The summed E-state index contributed by atoms with van der Waals surface area (Å²) in [6, 6.07) is 19.1. The molecule has 0 aromatic heterocycles. The molecule has 12 nitrogen and oxygen atoms in total. The highest BCUT2D eigenvalue weighted by molar-refractivity contribution is 7.98. The number of methoxy groups -OCH3 is 3. The van der Waals surface area contributed by atoms with Gasteiger partial charge in [-0.05, 0) is 65.9 Å². The molecule has 0 aliphatic rings. The Bertz CT molecular complexity index is 1430. The van der Waals surface area contributed by atoms with Crippen molar-refractivity contribution in [1.29, 1.82) is 0 Å². The number of ether oxygens (including phenoxy) is 5. The van der Waals surface area contributed by atoms with Gasteiger partial charge in [0.25, 0.3) is 0 Å². The fourth-order valence-corrected chi connectivity index (χ4v) is 5.21. The van der Waals surface area contributed by atoms with E-state index >= 15 is 0 Å². The highest BCUT2D eigenvalue weighted by Gasteiger charge is 2.25. The number of hydrogen-bond donors (Lipinski definition) is 3. The maximum Gasteiger partial charge on any atom is 0.408 e. The first-order valence-electron chi connectivity index (χ1n) is 14.8. The third-order valence-electron chi connectivity index (χ3n) is 6.89. The quantitative estimate of drug-likeness (QED) is 0.152. The molecule has 2 amide bonds. The Morgan fingerprint density at radius 2 is 1.17 bits per heavy atom. The number of carboxylic acids is 1. The zero-order chi connectivity index (χ0) is 34.0. The molecule has 252 valence electrons. The molecule has 3 aromatic carbocycles. The van der Waals surface area contributed by atoms with Gasteiger partial charge in [0, 0.05) is 17.9 Å². The van der Waals surface area contributed by atoms with E-state index in [1.165, 1.54) is 11.8 Å². The molecular weight excluding hydrogens is 628 g/mol. The topological polar surface area (TPSA) is 159 Å². The normalized spacial score (nSPS) is 11.8. The van der Waals surface area contributed by atoms with E-state index < -0.39 is 36.0 Å². The van der Waals surface area contributed by atoms with Crippen LogP contribution in [-0.4, -0.2) is 68.2 Å². The first-order valence-corrected chi connectivity index (χ1v) is 15.9. The van der Waals surface area contributed by atoms with Crippen molar-refractivity contribution in [1.82, 2.24) is 10.6 Å². The summed E-state index contributed by atoms with van der Waals surface area (Å²) in [7, 11) is 4.67.